The first-order valence-electron chi connectivity index (χ1n) is 8.38. The standard InChI is InChI=1S/C19H25NO2/c21-19(18-9-5-2-6-10-18)20-12-11-17(13-20)15-22-14-16-7-3-1-4-8-16/h1-5,7-8,17-18H,6,9-15H2/t17-,18-/m1/s1. The Morgan fingerprint density at radius 1 is 1.18 bits per heavy atom. The lowest BCUT2D eigenvalue weighted by Gasteiger charge is -2.24. The SMILES string of the molecule is O=C([C@@H]1CC=CCC1)N1CC[C@@H](COCc2ccccc2)C1. The van der Waals surface area contributed by atoms with Crippen LogP contribution in [0.2, 0.25) is 0 Å². The number of benzene rings is 1. The van der Waals surface area contributed by atoms with Gasteiger partial charge in [-0.25, -0.2) is 0 Å². The number of nitrogens with zero attached hydrogens (tertiary/aromatic N) is 1. The van der Waals surface area contributed by atoms with Crippen LogP contribution < -0.4 is 0 Å². The van der Waals surface area contributed by atoms with Crippen LogP contribution in [0.15, 0.2) is 42.5 Å². The molecule has 118 valence electrons. The molecular formula is C19H25NO2. The predicted molar refractivity (Wildman–Crippen MR) is 87.3 cm³/mol. The van der Waals surface area contributed by atoms with Gasteiger partial charge in [0.05, 0.1) is 13.2 Å². The fraction of sp³-hybridized carbons (Fsp3) is 0.526. The van der Waals surface area contributed by atoms with E-state index in [2.05, 4.69) is 29.2 Å². The molecule has 1 fully saturated rings. The summed E-state index contributed by atoms with van der Waals surface area (Å²) in [5.74, 6) is 1.07. The van der Waals surface area contributed by atoms with Gasteiger partial charge in [0, 0.05) is 24.9 Å². The first kappa shape index (κ1) is 15.3. The summed E-state index contributed by atoms with van der Waals surface area (Å²) in [6.07, 6.45) is 8.40. The number of allylic oxidation sites excluding steroid dienone is 2. The second-order valence-electron chi connectivity index (χ2n) is 6.42. The van der Waals surface area contributed by atoms with E-state index < -0.39 is 0 Å². The average molecular weight is 299 g/mol. The van der Waals surface area contributed by atoms with Gasteiger partial charge in [-0.05, 0) is 31.2 Å². The predicted octanol–water partition coefficient (Wildman–Crippen LogP) is 3.41. The Balaban J connectivity index is 1.40. The van der Waals surface area contributed by atoms with Gasteiger partial charge in [0.1, 0.15) is 0 Å². The Labute approximate surface area is 133 Å². The molecule has 0 unspecified atom stereocenters. The normalized spacial score (nSPS) is 24.6. The molecule has 1 heterocycles. The van der Waals surface area contributed by atoms with Crippen LogP contribution >= 0.6 is 0 Å². The molecule has 22 heavy (non-hydrogen) atoms. The summed E-state index contributed by atoms with van der Waals surface area (Å²) in [6, 6.07) is 10.3. The van der Waals surface area contributed by atoms with E-state index in [4.69, 9.17) is 4.74 Å². The number of amides is 1. The molecule has 1 aromatic carbocycles. The number of likely N-dealkylation sites (tertiary alicyclic amines) is 1. The summed E-state index contributed by atoms with van der Waals surface area (Å²) in [4.78, 5) is 14.5. The van der Waals surface area contributed by atoms with Crippen molar-refractivity contribution in [3.05, 3.63) is 48.0 Å². The molecule has 3 heteroatoms. The number of carbonyl (C=O) groups is 1. The van der Waals surface area contributed by atoms with Gasteiger partial charge in [0.25, 0.3) is 0 Å². The minimum Gasteiger partial charge on any atom is -0.376 e. The summed E-state index contributed by atoms with van der Waals surface area (Å²) < 4.78 is 5.83. The van der Waals surface area contributed by atoms with E-state index in [-0.39, 0.29) is 5.92 Å². The molecular weight excluding hydrogens is 274 g/mol. The zero-order valence-electron chi connectivity index (χ0n) is 13.1. The maximum Gasteiger partial charge on any atom is 0.226 e. The second-order valence-corrected chi connectivity index (χ2v) is 6.42. The molecule has 0 saturated carbocycles. The fourth-order valence-corrected chi connectivity index (χ4v) is 3.36. The van der Waals surface area contributed by atoms with Crippen LogP contribution in [0.1, 0.15) is 31.2 Å². The largest absolute Gasteiger partial charge is 0.376 e. The van der Waals surface area contributed by atoms with Crippen molar-refractivity contribution in [3.8, 4) is 0 Å². The lowest BCUT2D eigenvalue weighted by Crippen LogP contribution is -2.35. The molecule has 1 amide bonds. The Morgan fingerprint density at radius 3 is 2.82 bits per heavy atom. The zero-order chi connectivity index (χ0) is 15.2. The molecule has 1 aliphatic heterocycles. The highest BCUT2D eigenvalue weighted by Gasteiger charge is 2.30. The third-order valence-electron chi connectivity index (χ3n) is 4.68. The maximum absolute atomic E-state index is 12.5. The number of hydrogen-bond donors (Lipinski definition) is 0. The summed E-state index contributed by atoms with van der Waals surface area (Å²) in [7, 11) is 0. The minimum absolute atomic E-state index is 0.217. The van der Waals surface area contributed by atoms with Crippen LogP contribution in [-0.2, 0) is 16.1 Å². The van der Waals surface area contributed by atoms with Gasteiger partial charge >= 0.3 is 0 Å². The third-order valence-corrected chi connectivity index (χ3v) is 4.68. The summed E-state index contributed by atoms with van der Waals surface area (Å²) >= 11 is 0. The van der Waals surface area contributed by atoms with Crippen LogP contribution in [0.5, 0.6) is 0 Å². The van der Waals surface area contributed by atoms with Crippen molar-refractivity contribution in [2.75, 3.05) is 19.7 Å². The van der Waals surface area contributed by atoms with Crippen LogP contribution in [0.25, 0.3) is 0 Å². The Bertz CT molecular complexity index is 511. The number of ether oxygens (including phenoxy) is 1. The molecule has 0 aromatic heterocycles. The Kier molecular flexibility index (Phi) is 5.28. The topological polar surface area (TPSA) is 29.5 Å². The van der Waals surface area contributed by atoms with E-state index in [1.54, 1.807) is 0 Å². The van der Waals surface area contributed by atoms with Crippen LogP contribution in [0, 0.1) is 11.8 Å². The van der Waals surface area contributed by atoms with Gasteiger partial charge in [-0.15, -0.1) is 0 Å². The molecule has 2 aliphatic rings. The molecule has 0 radical (unpaired) electrons. The van der Waals surface area contributed by atoms with E-state index in [1.165, 1.54) is 5.56 Å². The van der Waals surface area contributed by atoms with Gasteiger partial charge in [-0.2, -0.15) is 0 Å². The van der Waals surface area contributed by atoms with E-state index >= 15 is 0 Å². The van der Waals surface area contributed by atoms with Crippen molar-refractivity contribution in [1.82, 2.24) is 4.90 Å². The fourth-order valence-electron chi connectivity index (χ4n) is 3.36. The molecule has 0 bridgehead atoms. The highest BCUT2D eigenvalue weighted by molar-refractivity contribution is 5.79. The highest BCUT2D eigenvalue weighted by atomic mass is 16.5. The first-order chi connectivity index (χ1) is 10.8. The van der Waals surface area contributed by atoms with E-state index in [0.717, 1.165) is 45.4 Å². The molecule has 0 spiro atoms. The Hall–Kier alpha value is -1.61. The van der Waals surface area contributed by atoms with Crippen LogP contribution in [-0.4, -0.2) is 30.5 Å². The summed E-state index contributed by atoms with van der Waals surface area (Å²) in [6.45, 7) is 3.19. The highest BCUT2D eigenvalue weighted by Crippen LogP contribution is 2.25. The van der Waals surface area contributed by atoms with Crippen LogP contribution in [0.4, 0.5) is 0 Å². The molecule has 3 rings (SSSR count). The number of hydrogen-bond acceptors (Lipinski definition) is 2. The van der Waals surface area contributed by atoms with Crippen LogP contribution in [0.3, 0.4) is 0 Å². The second kappa shape index (κ2) is 7.59. The monoisotopic (exact) mass is 299 g/mol. The average Bonchev–Trinajstić information content (AvgIpc) is 3.05. The van der Waals surface area contributed by atoms with Gasteiger partial charge in [0.15, 0.2) is 0 Å². The smallest absolute Gasteiger partial charge is 0.226 e. The molecule has 2 atom stereocenters. The van der Waals surface area contributed by atoms with E-state index in [1.807, 2.05) is 18.2 Å². The van der Waals surface area contributed by atoms with Crippen molar-refractivity contribution in [2.24, 2.45) is 11.8 Å². The van der Waals surface area contributed by atoms with Crippen molar-refractivity contribution >= 4 is 5.91 Å². The Morgan fingerprint density at radius 2 is 2.05 bits per heavy atom. The molecule has 0 N–H and O–H groups in total. The number of rotatable bonds is 5. The first-order valence-corrected chi connectivity index (χ1v) is 8.38. The van der Waals surface area contributed by atoms with Gasteiger partial charge in [-0.1, -0.05) is 42.5 Å². The van der Waals surface area contributed by atoms with E-state index in [0.29, 0.717) is 18.4 Å². The summed E-state index contributed by atoms with van der Waals surface area (Å²) in [5, 5.41) is 0. The maximum atomic E-state index is 12.5. The van der Waals surface area contributed by atoms with Gasteiger partial charge < -0.3 is 9.64 Å². The van der Waals surface area contributed by atoms with Crippen molar-refractivity contribution in [1.29, 1.82) is 0 Å². The summed E-state index contributed by atoms with van der Waals surface area (Å²) in [5.41, 5.74) is 1.21. The molecule has 3 nitrogen and oxygen atoms in total. The lowest BCUT2D eigenvalue weighted by atomic mass is 9.93. The van der Waals surface area contributed by atoms with Crippen molar-refractivity contribution < 1.29 is 9.53 Å². The van der Waals surface area contributed by atoms with E-state index in [9.17, 15) is 4.79 Å². The van der Waals surface area contributed by atoms with Gasteiger partial charge in [-0.3, -0.25) is 4.79 Å². The quantitative estimate of drug-likeness (QED) is 0.780. The van der Waals surface area contributed by atoms with Crippen molar-refractivity contribution in [3.63, 3.8) is 0 Å². The van der Waals surface area contributed by atoms with Crippen molar-refractivity contribution in [2.45, 2.75) is 32.3 Å². The third kappa shape index (κ3) is 3.98. The lowest BCUT2D eigenvalue weighted by molar-refractivity contribution is -0.134. The number of carbonyl (C=O) groups excluding carboxylic acids is 1. The van der Waals surface area contributed by atoms with Gasteiger partial charge in [0.2, 0.25) is 5.91 Å². The molecule has 1 aromatic rings. The molecule has 1 aliphatic carbocycles. The minimum atomic E-state index is 0.217. The molecule has 1 saturated heterocycles. The zero-order valence-corrected chi connectivity index (χ0v) is 13.1.